The fourth-order valence-corrected chi connectivity index (χ4v) is 11.8. The van der Waals surface area contributed by atoms with E-state index in [9.17, 15) is 72.5 Å². The molecule has 1 saturated heterocycles. The van der Waals surface area contributed by atoms with Crippen LogP contribution in [0.1, 0.15) is 86.6 Å². The lowest BCUT2D eigenvalue weighted by Gasteiger charge is -2.28. The molecule has 5 aromatic rings. The Hall–Kier alpha value is -10.8. The monoisotopic (exact) mass is 1480 g/mol. The molecule has 21 N–H and O–H groups in total. The Kier molecular flexibility index (Phi) is 33.4. The second-order valence-corrected chi connectivity index (χ2v) is 25.5. The molecule has 0 aliphatic carbocycles. The highest BCUT2D eigenvalue weighted by molar-refractivity contribution is 7.99. The largest absolute Gasteiger partial charge is 0.464 e. The van der Waals surface area contributed by atoms with Gasteiger partial charge in [-0.1, -0.05) is 60.3 Å². The van der Waals surface area contributed by atoms with Crippen LogP contribution in [-0.4, -0.2) is 233 Å². The third-order valence-corrected chi connectivity index (χ3v) is 17.4. The molecule has 35 nitrogen and oxygen atoms in total. The van der Waals surface area contributed by atoms with Gasteiger partial charge in [0.15, 0.2) is 0 Å². The van der Waals surface area contributed by atoms with E-state index in [1.807, 2.05) is 0 Å². The second-order valence-electron chi connectivity index (χ2n) is 24.3. The number of pyridine rings is 1. The molecule has 12 amide bonds. The number of fused-ring (bicyclic) bond motifs is 1. The first-order valence-electron chi connectivity index (χ1n) is 34.0. The summed E-state index contributed by atoms with van der Waals surface area (Å²) in [6, 6.07) is 12.5. The minimum absolute atomic E-state index is 0.124. The molecule has 1 aliphatic heterocycles. The molecule has 0 saturated carbocycles. The molecule has 6 rings (SSSR count). The number of carbonyl (C=O) groups excluding carboxylic acids is 13. The summed E-state index contributed by atoms with van der Waals surface area (Å²) < 4.78 is 6.33. The van der Waals surface area contributed by atoms with Crippen molar-refractivity contribution in [1.29, 1.82) is 0 Å². The minimum atomic E-state index is -1.80. The molecular formula is C69H93N19O16S. The number of aliphatic hydroxyl groups excluding tert-OH is 2. The number of ether oxygens (including phenoxy) is 1. The minimum Gasteiger partial charge on any atom is -0.464 e. The predicted molar refractivity (Wildman–Crippen MR) is 385 cm³/mol. The van der Waals surface area contributed by atoms with E-state index < -0.39 is 164 Å². The zero-order chi connectivity index (χ0) is 76.7. The number of rotatable bonds is 28. The van der Waals surface area contributed by atoms with Crippen LogP contribution in [0.3, 0.4) is 0 Å². The molecule has 10 atom stereocenters. The first kappa shape index (κ1) is 83.2. The Morgan fingerprint density at radius 2 is 1.34 bits per heavy atom. The standard InChI is InChI=1S/C69H93N19O16S/c1-39(89)58-67(101)76-32-25-52(65(99)79-49(22-28-71)64(98)83-53(36-42-12-6-5-7-13-42)61(95)77-38-57(93)78-48(21-27-70)62(96)80-51(24-30-73)66(100)85-58)81-63(97)50(23-29-72)82-68(102)59(40(2)90)84-56(92)26-33-87(34-35-104-41(3)91)69(103)88-54-37-44(105-55-16-9-8-15-46(55)60(94)74-4)18-19-45(54)47(86-88)20-17-43-14-10-11-31-75-43/h5-20,31,37,39-40,48-53,58-59,89-90H,21-30,32-36,38,70-73H2,1-4H3,(H,74,94)(H,76,101)(H,77,95)(H,78,93)(H,79,99)(H,80,96)(H,81,97)(H,82,102)(H,83,98)(H,84,92)(H,85,100)/b20-17+/t39-,40-,48+,49+,50+,51+,52+,53-,58+,59+/m1/s1. The molecule has 0 unspecified atom stereocenters. The number of carbonyl (C=O) groups is 13. The Balaban J connectivity index is 1.26. The maximum Gasteiger partial charge on any atom is 0.345 e. The van der Waals surface area contributed by atoms with Crippen LogP contribution >= 0.6 is 11.8 Å². The number of amides is 12. The summed E-state index contributed by atoms with van der Waals surface area (Å²) in [7, 11) is 1.51. The second kappa shape index (κ2) is 42.1. The first-order chi connectivity index (χ1) is 50.3. The summed E-state index contributed by atoms with van der Waals surface area (Å²) in [5, 5.41) is 54.6. The summed E-state index contributed by atoms with van der Waals surface area (Å²) in [6.07, 6.45) is -0.448. The summed E-state index contributed by atoms with van der Waals surface area (Å²) in [4.78, 5) is 187. The third-order valence-electron chi connectivity index (χ3n) is 16.3. The molecule has 0 radical (unpaired) electrons. The molecule has 0 spiro atoms. The van der Waals surface area contributed by atoms with Crippen LogP contribution in [0.4, 0.5) is 4.79 Å². The van der Waals surface area contributed by atoms with Crippen molar-refractivity contribution in [1.82, 2.24) is 78.1 Å². The predicted octanol–water partition coefficient (Wildman–Crippen LogP) is -3.75. The molecule has 105 heavy (non-hydrogen) atoms. The van der Waals surface area contributed by atoms with Gasteiger partial charge in [0.2, 0.25) is 59.1 Å². The van der Waals surface area contributed by atoms with Crippen LogP contribution in [0.15, 0.2) is 107 Å². The van der Waals surface area contributed by atoms with Crippen LogP contribution in [0.25, 0.3) is 23.1 Å². The molecule has 566 valence electrons. The normalized spacial score (nSPS) is 19.3. The highest BCUT2D eigenvalue weighted by Crippen LogP contribution is 2.34. The van der Waals surface area contributed by atoms with Crippen molar-refractivity contribution in [3.8, 4) is 0 Å². The van der Waals surface area contributed by atoms with Gasteiger partial charge in [0.05, 0.1) is 47.8 Å². The van der Waals surface area contributed by atoms with Gasteiger partial charge in [-0.3, -0.25) is 62.5 Å². The van der Waals surface area contributed by atoms with Crippen LogP contribution < -0.4 is 81.4 Å². The van der Waals surface area contributed by atoms with Gasteiger partial charge in [0.1, 0.15) is 54.9 Å². The van der Waals surface area contributed by atoms with Gasteiger partial charge >= 0.3 is 12.0 Å². The van der Waals surface area contributed by atoms with Crippen molar-refractivity contribution in [2.24, 2.45) is 22.9 Å². The Morgan fingerprint density at radius 1 is 0.705 bits per heavy atom. The summed E-state index contributed by atoms with van der Waals surface area (Å²) in [5.41, 5.74) is 25.7. The highest BCUT2D eigenvalue weighted by Gasteiger charge is 2.37. The topological polar surface area (TPSA) is 542 Å². The number of nitrogens with one attached hydrogen (secondary N) is 11. The van der Waals surface area contributed by atoms with E-state index in [0.717, 1.165) is 4.68 Å². The van der Waals surface area contributed by atoms with Crippen molar-refractivity contribution in [2.75, 3.05) is 66.0 Å². The van der Waals surface area contributed by atoms with Crippen molar-refractivity contribution in [2.45, 2.75) is 136 Å². The van der Waals surface area contributed by atoms with Gasteiger partial charge in [-0.25, -0.2) is 4.79 Å². The summed E-state index contributed by atoms with van der Waals surface area (Å²) in [5.74, 6) is -10.8. The summed E-state index contributed by atoms with van der Waals surface area (Å²) in [6.45, 7) is 0.470. The smallest absolute Gasteiger partial charge is 0.345 e. The number of hydrogen-bond acceptors (Lipinski definition) is 23. The van der Waals surface area contributed by atoms with Crippen molar-refractivity contribution < 1.29 is 77.3 Å². The Morgan fingerprint density at radius 3 is 1.97 bits per heavy atom. The average molecular weight is 1480 g/mol. The van der Waals surface area contributed by atoms with Crippen LogP contribution in [-0.2, 0) is 63.9 Å². The van der Waals surface area contributed by atoms with Crippen LogP contribution in [0.2, 0.25) is 0 Å². The van der Waals surface area contributed by atoms with Crippen molar-refractivity contribution in [3.05, 3.63) is 120 Å². The highest BCUT2D eigenvalue weighted by atomic mass is 32.2. The Labute approximate surface area is 609 Å². The number of hydrogen-bond donors (Lipinski definition) is 17. The van der Waals surface area contributed by atoms with Gasteiger partial charge < -0.3 is 101 Å². The van der Waals surface area contributed by atoms with Gasteiger partial charge in [0, 0.05) is 61.3 Å². The molecule has 0 bridgehead atoms. The average Bonchev–Trinajstić information content (AvgIpc) is 1.63. The van der Waals surface area contributed by atoms with Crippen LogP contribution in [0, 0.1) is 0 Å². The maximum atomic E-state index is 14.9. The zero-order valence-corrected chi connectivity index (χ0v) is 59.4. The van der Waals surface area contributed by atoms with E-state index in [1.165, 1.54) is 44.5 Å². The van der Waals surface area contributed by atoms with Crippen molar-refractivity contribution in [3.63, 3.8) is 0 Å². The van der Waals surface area contributed by atoms with Gasteiger partial charge in [-0.15, -0.1) is 0 Å². The molecule has 1 aliphatic rings. The molecular weight excluding hydrogens is 1380 g/mol. The maximum absolute atomic E-state index is 14.9. The number of nitrogens with zero attached hydrogens (tertiary/aromatic N) is 4. The lowest BCUT2D eigenvalue weighted by Crippen LogP contribution is -2.61. The molecule has 3 aromatic carbocycles. The molecule has 36 heteroatoms. The number of nitrogens with two attached hydrogens (primary N) is 4. The quantitative estimate of drug-likeness (QED) is 0.0214. The van der Waals surface area contributed by atoms with Gasteiger partial charge in [0.25, 0.3) is 5.91 Å². The van der Waals surface area contributed by atoms with E-state index in [4.69, 9.17) is 32.8 Å². The van der Waals surface area contributed by atoms with Crippen molar-refractivity contribution >= 4 is 112 Å². The Bertz CT molecular complexity index is 3880. The fraction of sp³-hybridized carbons (Fsp3) is 0.435. The summed E-state index contributed by atoms with van der Waals surface area (Å²) >= 11 is 1.26. The van der Waals surface area contributed by atoms with E-state index in [2.05, 4.69) is 63.5 Å². The zero-order valence-electron chi connectivity index (χ0n) is 58.6. The SMILES string of the molecule is CNC(=O)c1ccccc1Sc1ccc2c(/C=C/c3ccccn3)nn(C(=O)N(CCOC(C)=O)CCC(=O)N[C@H](C(=O)N[C@@H](CCN)C(=O)N[C@H]3CCNC(=O)[C@H]([C@@H](C)O)NC(=O)[C@H](CCN)NC(=O)[C@H](CCN)NC(=O)CNC(=O)[C@@H](Cc4ccccc4)NC(=O)[C@H](CCN)NC3=O)[C@@H](C)O)c2c1. The number of aromatic nitrogens is 3. The van der Waals surface area contributed by atoms with E-state index >= 15 is 0 Å². The number of esters is 1. The molecule has 1 fully saturated rings. The van der Waals surface area contributed by atoms with E-state index in [0.29, 0.717) is 43.2 Å². The van der Waals surface area contributed by atoms with Gasteiger partial charge in [-0.2, -0.15) is 9.78 Å². The van der Waals surface area contributed by atoms with E-state index in [-0.39, 0.29) is 77.3 Å². The number of benzene rings is 3. The molecule has 3 heterocycles. The first-order valence-corrected chi connectivity index (χ1v) is 34.8. The number of aliphatic hydroxyl groups is 2. The molecule has 2 aromatic heterocycles. The fourth-order valence-electron chi connectivity index (χ4n) is 10.8. The lowest BCUT2D eigenvalue weighted by atomic mass is 10.0. The van der Waals surface area contributed by atoms with Crippen LogP contribution in [0.5, 0.6) is 0 Å². The van der Waals surface area contributed by atoms with E-state index in [1.54, 1.807) is 109 Å². The van der Waals surface area contributed by atoms with Gasteiger partial charge in [-0.05, 0) is 132 Å². The third kappa shape index (κ3) is 25.6. The lowest BCUT2D eigenvalue weighted by molar-refractivity contribution is -0.141.